The Morgan fingerprint density at radius 2 is 1.94 bits per heavy atom. The molecule has 1 heterocycles. The molecule has 0 bridgehead atoms. The lowest BCUT2D eigenvalue weighted by molar-refractivity contribution is 0.328. The van der Waals surface area contributed by atoms with Crippen molar-refractivity contribution in [2.45, 2.75) is 52.5 Å². The molecule has 0 aromatic carbocycles. The molecule has 2 rings (SSSR count). The van der Waals surface area contributed by atoms with E-state index in [1.54, 1.807) is 0 Å². The van der Waals surface area contributed by atoms with Crippen LogP contribution in [-0.4, -0.2) is 23.1 Å². The van der Waals surface area contributed by atoms with Crippen LogP contribution in [0, 0.1) is 5.41 Å². The summed E-state index contributed by atoms with van der Waals surface area (Å²) in [6, 6.07) is 2.24. The second-order valence-electron chi connectivity index (χ2n) is 6.33. The van der Waals surface area contributed by atoms with E-state index < -0.39 is 0 Å². The van der Waals surface area contributed by atoms with Crippen LogP contribution in [0.3, 0.4) is 0 Å². The highest BCUT2D eigenvalue weighted by atomic mass is 35.5. The summed E-state index contributed by atoms with van der Waals surface area (Å²) in [4.78, 5) is 11.2. The van der Waals surface area contributed by atoms with Crippen molar-refractivity contribution in [3.8, 4) is 0 Å². The van der Waals surface area contributed by atoms with Crippen molar-refractivity contribution < 1.29 is 0 Å². The average molecular weight is 268 g/mol. The van der Waals surface area contributed by atoms with Crippen molar-refractivity contribution in [1.82, 2.24) is 9.97 Å². The van der Waals surface area contributed by atoms with Crippen LogP contribution in [0.2, 0.25) is 5.15 Å². The highest BCUT2D eigenvalue weighted by Gasteiger charge is 2.29. The topological polar surface area (TPSA) is 29.0 Å². The molecule has 3 nitrogen and oxygen atoms in total. The average Bonchev–Trinajstić information content (AvgIpc) is 3.08. The Hall–Kier alpha value is -0.830. The summed E-state index contributed by atoms with van der Waals surface area (Å²) in [7, 11) is 2.07. The molecule has 1 aliphatic carbocycles. The Morgan fingerprint density at radius 1 is 1.33 bits per heavy atom. The standard InChI is InChI=1S/C14H22ClN3/c1-9(14(2,3)4)18(5)12-8-11(15)16-13(17-12)10-6-7-10/h8-10H,6-7H2,1-5H3. The minimum Gasteiger partial charge on any atom is -0.356 e. The van der Waals surface area contributed by atoms with Crippen LogP contribution in [0.4, 0.5) is 5.82 Å². The van der Waals surface area contributed by atoms with Gasteiger partial charge < -0.3 is 4.90 Å². The van der Waals surface area contributed by atoms with Gasteiger partial charge in [0.05, 0.1) is 0 Å². The number of anilines is 1. The molecule has 1 unspecified atom stereocenters. The molecule has 1 saturated carbocycles. The predicted molar refractivity (Wildman–Crippen MR) is 76.3 cm³/mol. The molecule has 1 atom stereocenters. The summed E-state index contributed by atoms with van der Waals surface area (Å²) >= 11 is 6.11. The van der Waals surface area contributed by atoms with E-state index in [0.717, 1.165) is 11.6 Å². The van der Waals surface area contributed by atoms with E-state index in [0.29, 0.717) is 17.1 Å². The van der Waals surface area contributed by atoms with Crippen LogP contribution in [-0.2, 0) is 0 Å². The highest BCUT2D eigenvalue weighted by Crippen LogP contribution is 2.39. The quantitative estimate of drug-likeness (QED) is 0.779. The Balaban J connectivity index is 2.26. The van der Waals surface area contributed by atoms with E-state index in [4.69, 9.17) is 11.6 Å². The number of hydrogen-bond acceptors (Lipinski definition) is 3. The Morgan fingerprint density at radius 3 is 2.44 bits per heavy atom. The monoisotopic (exact) mass is 267 g/mol. The predicted octanol–water partition coefficient (Wildman–Crippen LogP) is 3.88. The van der Waals surface area contributed by atoms with Gasteiger partial charge in [-0.25, -0.2) is 9.97 Å². The van der Waals surface area contributed by atoms with Gasteiger partial charge in [-0.3, -0.25) is 0 Å². The lowest BCUT2D eigenvalue weighted by Crippen LogP contribution is -2.40. The van der Waals surface area contributed by atoms with Crippen molar-refractivity contribution in [2.24, 2.45) is 5.41 Å². The van der Waals surface area contributed by atoms with Gasteiger partial charge in [0.25, 0.3) is 0 Å². The molecule has 18 heavy (non-hydrogen) atoms. The first-order valence-electron chi connectivity index (χ1n) is 6.56. The van der Waals surface area contributed by atoms with Crippen molar-refractivity contribution >= 4 is 17.4 Å². The van der Waals surface area contributed by atoms with Crippen molar-refractivity contribution in [2.75, 3.05) is 11.9 Å². The lowest BCUT2D eigenvalue weighted by Gasteiger charge is -2.36. The number of rotatable bonds is 3. The molecule has 1 aliphatic rings. The highest BCUT2D eigenvalue weighted by molar-refractivity contribution is 6.29. The third-order valence-electron chi connectivity index (χ3n) is 3.84. The molecule has 0 amide bonds. The molecule has 0 saturated heterocycles. The van der Waals surface area contributed by atoms with Crippen LogP contribution >= 0.6 is 11.6 Å². The first-order valence-corrected chi connectivity index (χ1v) is 6.94. The van der Waals surface area contributed by atoms with Gasteiger partial charge in [-0.05, 0) is 25.2 Å². The fraction of sp³-hybridized carbons (Fsp3) is 0.714. The van der Waals surface area contributed by atoms with Crippen molar-refractivity contribution in [3.05, 3.63) is 17.0 Å². The summed E-state index contributed by atoms with van der Waals surface area (Å²) in [6.07, 6.45) is 2.39. The van der Waals surface area contributed by atoms with Gasteiger partial charge in [0.1, 0.15) is 16.8 Å². The SMILES string of the molecule is CC(N(C)c1cc(Cl)nc(C2CC2)n1)C(C)(C)C. The minimum absolute atomic E-state index is 0.200. The third kappa shape index (κ3) is 2.94. The van der Waals surface area contributed by atoms with Gasteiger partial charge in [-0.2, -0.15) is 0 Å². The Bertz CT molecular complexity index is 435. The van der Waals surface area contributed by atoms with Crippen LogP contribution < -0.4 is 4.90 Å². The normalized spacial score (nSPS) is 17.7. The molecule has 1 aromatic rings. The summed E-state index contributed by atoms with van der Waals surface area (Å²) in [5, 5.41) is 0.551. The van der Waals surface area contributed by atoms with E-state index in [9.17, 15) is 0 Å². The second kappa shape index (κ2) is 4.69. The van der Waals surface area contributed by atoms with Gasteiger partial charge in [-0.15, -0.1) is 0 Å². The number of nitrogens with zero attached hydrogens (tertiary/aromatic N) is 3. The number of halogens is 1. The van der Waals surface area contributed by atoms with E-state index in [1.165, 1.54) is 12.8 Å². The van der Waals surface area contributed by atoms with Crippen LogP contribution in [0.15, 0.2) is 6.07 Å². The molecule has 1 fully saturated rings. The maximum Gasteiger partial charge on any atom is 0.135 e. The molecular formula is C14H22ClN3. The first kappa shape index (κ1) is 13.6. The van der Waals surface area contributed by atoms with Gasteiger partial charge in [0.15, 0.2) is 0 Å². The molecule has 100 valence electrons. The Kier molecular flexibility index (Phi) is 3.54. The summed E-state index contributed by atoms with van der Waals surface area (Å²) in [5.41, 5.74) is 0.200. The maximum atomic E-state index is 6.11. The van der Waals surface area contributed by atoms with Gasteiger partial charge in [-0.1, -0.05) is 32.4 Å². The first-order chi connectivity index (χ1) is 8.29. The van der Waals surface area contributed by atoms with Crippen molar-refractivity contribution in [3.63, 3.8) is 0 Å². The Labute approximate surface area is 115 Å². The van der Waals surface area contributed by atoms with Crippen molar-refractivity contribution in [1.29, 1.82) is 0 Å². The number of aromatic nitrogens is 2. The minimum atomic E-state index is 0.200. The molecular weight excluding hydrogens is 246 g/mol. The van der Waals surface area contributed by atoms with Gasteiger partial charge in [0.2, 0.25) is 0 Å². The zero-order valence-corrected chi connectivity index (χ0v) is 12.6. The maximum absolute atomic E-state index is 6.11. The largest absolute Gasteiger partial charge is 0.356 e. The van der Waals surface area contributed by atoms with E-state index in [1.807, 2.05) is 6.07 Å². The van der Waals surface area contributed by atoms with Gasteiger partial charge >= 0.3 is 0 Å². The molecule has 0 aliphatic heterocycles. The van der Waals surface area contributed by atoms with E-state index in [-0.39, 0.29) is 5.41 Å². The van der Waals surface area contributed by atoms with Gasteiger partial charge in [0, 0.05) is 25.1 Å². The fourth-order valence-electron chi connectivity index (χ4n) is 1.91. The lowest BCUT2D eigenvalue weighted by atomic mass is 9.87. The second-order valence-corrected chi connectivity index (χ2v) is 6.72. The molecule has 4 heteroatoms. The fourth-order valence-corrected chi connectivity index (χ4v) is 2.09. The summed E-state index contributed by atoms with van der Waals surface area (Å²) < 4.78 is 0. The zero-order chi connectivity index (χ0) is 13.5. The molecule has 0 radical (unpaired) electrons. The van der Waals surface area contributed by atoms with Crippen LogP contribution in [0.1, 0.15) is 52.3 Å². The molecule has 1 aromatic heterocycles. The van der Waals surface area contributed by atoms with E-state index >= 15 is 0 Å². The van der Waals surface area contributed by atoms with Crippen LogP contribution in [0.25, 0.3) is 0 Å². The molecule has 0 spiro atoms. The van der Waals surface area contributed by atoms with E-state index in [2.05, 4.69) is 49.6 Å². The summed E-state index contributed by atoms with van der Waals surface area (Å²) in [5.74, 6) is 2.37. The zero-order valence-electron chi connectivity index (χ0n) is 11.9. The summed E-state index contributed by atoms with van der Waals surface area (Å²) in [6.45, 7) is 8.92. The van der Waals surface area contributed by atoms with Crippen LogP contribution in [0.5, 0.6) is 0 Å². The smallest absolute Gasteiger partial charge is 0.135 e. The number of hydrogen-bond donors (Lipinski definition) is 0. The molecule has 0 N–H and O–H groups in total. The third-order valence-corrected chi connectivity index (χ3v) is 4.03.